The molecule has 556 valence electrons. The van der Waals surface area contributed by atoms with E-state index in [4.69, 9.17) is 29.4 Å². The van der Waals surface area contributed by atoms with Crippen molar-refractivity contribution in [2.24, 2.45) is 17.6 Å². The Bertz CT molecular complexity index is 3660. The number of methoxy groups -OCH3 is 5. The maximum atomic E-state index is 15.3. The second kappa shape index (κ2) is 40.5. The van der Waals surface area contributed by atoms with Crippen LogP contribution in [0.25, 0.3) is 0 Å². The van der Waals surface area contributed by atoms with Gasteiger partial charge in [0.05, 0.1) is 34.5 Å². The number of hydrogen-bond acceptors (Lipinski definition) is 17. The Kier molecular flexibility index (Phi) is 31.8. The molecule has 2 bridgehead atoms. The molecule has 0 aromatic heterocycles. The SMILES string of the molecule is COc1ccc(C[C@@H]2NC(=O)[C@H](Cc3ccc(OC)cc3)NC(=O)[C@@H](CC(C)C)NC(=O)[C@H]([C@@H](C)OC)NC(=O)CCSCc3cccc(c3)CSC[C@@H](C(N)=O)NC(=O)[C@@H]3CCCN3C(=O)[C@H](Cc3ccc(OC)cc3)NC(=O)[C@H](Cc3ccc(OC)cc3)NC(=O)[C@H](CC(C)C)NC2=O)cc1. The number of amides is 10. The predicted octanol–water partition coefficient (Wildman–Crippen LogP) is 5.04. The molecule has 5 aromatic carbocycles. The van der Waals surface area contributed by atoms with E-state index in [1.54, 1.807) is 104 Å². The molecule has 25 nitrogen and oxygen atoms in total. The monoisotopic (exact) mass is 1460 g/mol. The van der Waals surface area contributed by atoms with Crippen LogP contribution in [0.2, 0.25) is 0 Å². The normalized spacial score (nSPS) is 22.7. The first-order valence-corrected chi connectivity index (χ1v) is 37.0. The average molecular weight is 1460 g/mol. The van der Waals surface area contributed by atoms with Crippen molar-refractivity contribution in [2.45, 2.75) is 164 Å². The molecule has 2 heterocycles. The van der Waals surface area contributed by atoms with Crippen LogP contribution >= 0.6 is 23.5 Å². The lowest BCUT2D eigenvalue weighted by Crippen LogP contribution is -2.61. The molecule has 1 saturated heterocycles. The molecule has 0 spiro atoms. The zero-order valence-corrected chi connectivity index (χ0v) is 62.0. The van der Waals surface area contributed by atoms with Crippen molar-refractivity contribution in [1.29, 1.82) is 0 Å². The van der Waals surface area contributed by atoms with E-state index in [0.29, 0.717) is 68.9 Å². The van der Waals surface area contributed by atoms with Gasteiger partial charge >= 0.3 is 0 Å². The van der Waals surface area contributed by atoms with Crippen molar-refractivity contribution in [1.82, 2.24) is 47.4 Å². The molecule has 2 aliphatic rings. The number of ether oxygens (including phenoxy) is 5. The van der Waals surface area contributed by atoms with Crippen molar-refractivity contribution < 1.29 is 71.6 Å². The highest BCUT2D eigenvalue weighted by Crippen LogP contribution is 2.25. The number of nitrogens with two attached hydrogens (primary N) is 1. The molecule has 7 rings (SSSR count). The first-order valence-electron chi connectivity index (χ1n) is 34.7. The summed E-state index contributed by atoms with van der Waals surface area (Å²) in [6.07, 6.45) is -0.480. The van der Waals surface area contributed by atoms with Crippen molar-refractivity contribution in [3.05, 3.63) is 155 Å². The van der Waals surface area contributed by atoms with Gasteiger partial charge in [-0.25, -0.2) is 0 Å². The number of rotatable bonds is 19. The molecule has 1 fully saturated rings. The summed E-state index contributed by atoms with van der Waals surface area (Å²) in [5, 5.41) is 23.0. The number of thioether (sulfide) groups is 2. The van der Waals surface area contributed by atoms with Crippen molar-refractivity contribution >= 4 is 82.6 Å². The Morgan fingerprint density at radius 2 is 0.854 bits per heavy atom. The molecule has 0 aliphatic carbocycles. The molecule has 0 saturated carbocycles. The van der Waals surface area contributed by atoms with Gasteiger partial charge in [0, 0.05) is 68.8 Å². The first kappa shape index (κ1) is 81.0. The number of carbonyl (C=O) groups is 10. The largest absolute Gasteiger partial charge is 0.497 e. The van der Waals surface area contributed by atoms with Gasteiger partial charge in [-0.1, -0.05) is 100 Å². The summed E-state index contributed by atoms with van der Waals surface area (Å²) in [4.78, 5) is 148. The average Bonchev–Trinajstić information content (AvgIpc) is 1.75. The smallest absolute Gasteiger partial charge is 0.246 e. The maximum Gasteiger partial charge on any atom is 0.246 e. The fourth-order valence-electron chi connectivity index (χ4n) is 12.0. The molecule has 10 atom stereocenters. The van der Waals surface area contributed by atoms with E-state index < -0.39 is 120 Å². The highest BCUT2D eigenvalue weighted by molar-refractivity contribution is 7.98. The highest BCUT2D eigenvalue weighted by atomic mass is 32.2. The zero-order valence-electron chi connectivity index (χ0n) is 60.3. The molecule has 2 aliphatic heterocycles. The Morgan fingerprint density at radius 3 is 1.25 bits per heavy atom. The van der Waals surface area contributed by atoms with Gasteiger partial charge in [0.25, 0.3) is 0 Å². The maximum absolute atomic E-state index is 15.3. The summed E-state index contributed by atoms with van der Waals surface area (Å²) in [7, 11) is 7.43. The van der Waals surface area contributed by atoms with E-state index in [2.05, 4.69) is 42.5 Å². The minimum atomic E-state index is -1.43. The molecule has 0 unspecified atom stereocenters. The lowest BCUT2D eigenvalue weighted by Gasteiger charge is -2.31. The summed E-state index contributed by atoms with van der Waals surface area (Å²) < 4.78 is 27.3. The predicted molar refractivity (Wildman–Crippen MR) is 395 cm³/mol. The molecule has 5 aromatic rings. The third-order valence-electron chi connectivity index (χ3n) is 17.8. The van der Waals surface area contributed by atoms with Gasteiger partial charge in [-0.3, -0.25) is 47.9 Å². The molecule has 103 heavy (non-hydrogen) atoms. The van der Waals surface area contributed by atoms with E-state index in [1.165, 1.54) is 64.0 Å². The number of nitrogens with one attached hydrogen (secondary N) is 8. The standard InChI is InChI=1S/C76H100N10O15S2/c1-45(2)35-58-69(89)80-62(40-50-20-28-56(100-9)29-21-50)73(93)83-63(41-51-22-30-57(101-10)31-23-51)76(96)86-33-12-15-65(86)74(94)84-64(68(77)88)44-103-43-53-14-11-13-52(37-53)42-102-34-32-66(87)85-67(47(5)97-6)75(95)82-59(36-46(3)4)70(90)79-61(39-49-18-26-55(99-8)27-19-49)72(92)81-60(71(91)78-58)38-48-16-24-54(98-7)25-17-48/h11,13-14,16-31,37,45-47,58-65,67H,12,15,32-36,38-44H2,1-10H3,(H2,77,88)(H,78,91)(H,79,90)(H,80,89)(H,81,92)(H,82,95)(H,83,93)(H,84,94)(H,85,87)/t47-,58+,59-,60+,61+,62+,63+,64+,65+,67+/m1/s1. The molecule has 27 heteroatoms. The summed E-state index contributed by atoms with van der Waals surface area (Å²) in [5.74, 6) is -3.90. The summed E-state index contributed by atoms with van der Waals surface area (Å²) >= 11 is 2.88. The van der Waals surface area contributed by atoms with Gasteiger partial charge < -0.3 is 76.9 Å². The van der Waals surface area contributed by atoms with Crippen LogP contribution in [-0.4, -0.2) is 178 Å². The number of hydrogen-bond donors (Lipinski definition) is 9. The van der Waals surface area contributed by atoms with Crippen LogP contribution in [0.3, 0.4) is 0 Å². The number of primary amides is 1. The number of carbonyl (C=O) groups excluding carboxylic acids is 10. The third-order valence-corrected chi connectivity index (χ3v) is 20.0. The van der Waals surface area contributed by atoms with E-state index >= 15 is 24.0 Å². The Morgan fingerprint density at radius 1 is 0.476 bits per heavy atom. The molecule has 10 amide bonds. The van der Waals surface area contributed by atoms with Crippen LogP contribution in [0.5, 0.6) is 23.0 Å². The highest BCUT2D eigenvalue weighted by Gasteiger charge is 2.41. The summed E-state index contributed by atoms with van der Waals surface area (Å²) in [6.45, 7) is 9.16. The van der Waals surface area contributed by atoms with E-state index in [0.717, 1.165) is 11.1 Å². The Labute approximate surface area is 611 Å². The fraction of sp³-hybridized carbons (Fsp3) is 0.474. The van der Waals surface area contributed by atoms with Gasteiger partial charge in [-0.15, -0.1) is 0 Å². The van der Waals surface area contributed by atoms with Crippen molar-refractivity contribution in [3.63, 3.8) is 0 Å². The summed E-state index contributed by atoms with van der Waals surface area (Å²) in [6, 6.07) is 23.6. The fourth-order valence-corrected chi connectivity index (χ4v) is 14.0. The quantitative estimate of drug-likeness (QED) is 0.0523. The minimum absolute atomic E-state index is 0.0290. The van der Waals surface area contributed by atoms with Crippen LogP contribution in [0.4, 0.5) is 0 Å². The number of nitrogens with zero attached hydrogens (tertiary/aromatic N) is 1. The lowest BCUT2D eigenvalue weighted by atomic mass is 9.98. The van der Waals surface area contributed by atoms with Gasteiger partial charge in [0.15, 0.2) is 0 Å². The first-order chi connectivity index (χ1) is 49.4. The van der Waals surface area contributed by atoms with E-state index in [-0.39, 0.29) is 75.5 Å². The molecule has 10 N–H and O–H groups in total. The van der Waals surface area contributed by atoms with Crippen LogP contribution in [0, 0.1) is 11.8 Å². The van der Waals surface area contributed by atoms with E-state index in [9.17, 15) is 24.0 Å². The Hall–Kier alpha value is -9.34. The van der Waals surface area contributed by atoms with Gasteiger partial charge in [-0.05, 0) is 126 Å². The molecule has 0 radical (unpaired) electrons. The second-order valence-electron chi connectivity index (χ2n) is 26.6. The topological polar surface area (TPSA) is 342 Å². The van der Waals surface area contributed by atoms with Gasteiger partial charge in [-0.2, -0.15) is 23.5 Å². The molecular formula is C76H100N10O15S2. The minimum Gasteiger partial charge on any atom is -0.497 e. The van der Waals surface area contributed by atoms with Gasteiger partial charge in [0.2, 0.25) is 59.1 Å². The van der Waals surface area contributed by atoms with Crippen LogP contribution < -0.4 is 67.2 Å². The van der Waals surface area contributed by atoms with Crippen molar-refractivity contribution in [3.8, 4) is 23.0 Å². The Balaban J connectivity index is 1.28. The van der Waals surface area contributed by atoms with Crippen molar-refractivity contribution in [2.75, 3.05) is 53.6 Å². The lowest BCUT2D eigenvalue weighted by molar-refractivity contribution is -0.142. The number of benzene rings is 5. The molecular weight excluding hydrogens is 1360 g/mol. The zero-order chi connectivity index (χ0) is 74.7. The number of fused-ring (bicyclic) bond motifs is 3. The van der Waals surface area contributed by atoms with Gasteiger partial charge in [0.1, 0.15) is 77.4 Å². The summed E-state index contributed by atoms with van der Waals surface area (Å²) in [5.41, 5.74) is 10.2. The van der Waals surface area contributed by atoms with Crippen LogP contribution in [-0.2, 0) is 89.9 Å². The van der Waals surface area contributed by atoms with Crippen LogP contribution in [0.15, 0.2) is 121 Å². The third kappa shape index (κ3) is 25.3. The second-order valence-corrected chi connectivity index (χ2v) is 28.7. The van der Waals surface area contributed by atoms with E-state index in [1.807, 2.05) is 52.0 Å². The van der Waals surface area contributed by atoms with Crippen LogP contribution in [0.1, 0.15) is 100 Å².